The predicted molar refractivity (Wildman–Crippen MR) is 67.8 cm³/mol. The first-order valence-corrected chi connectivity index (χ1v) is 6.26. The maximum atomic E-state index is 10.7. The van der Waals surface area contributed by atoms with Gasteiger partial charge in [-0.05, 0) is 37.3 Å². The van der Waals surface area contributed by atoms with E-state index in [0.29, 0.717) is 5.92 Å². The Morgan fingerprint density at radius 2 is 2.33 bits per heavy atom. The Balaban J connectivity index is 2.04. The van der Waals surface area contributed by atoms with Crippen LogP contribution in [0, 0.1) is 5.92 Å². The summed E-state index contributed by atoms with van der Waals surface area (Å²) >= 11 is 0. The standard InChI is InChI=1S/C13H18N2O3/c16-7-5-10-2-1-6-15(9-10)11-3-4-12(13(17)18)14-8-11/h3-4,8,10,16H,1-2,5-7,9H2,(H,17,18). The zero-order valence-corrected chi connectivity index (χ0v) is 10.2. The zero-order valence-electron chi connectivity index (χ0n) is 10.2. The Morgan fingerprint density at radius 3 is 2.94 bits per heavy atom. The van der Waals surface area contributed by atoms with E-state index in [-0.39, 0.29) is 12.3 Å². The highest BCUT2D eigenvalue weighted by molar-refractivity contribution is 5.85. The van der Waals surface area contributed by atoms with Crippen LogP contribution in [0.5, 0.6) is 0 Å². The molecular weight excluding hydrogens is 232 g/mol. The highest BCUT2D eigenvalue weighted by Crippen LogP contribution is 2.24. The van der Waals surface area contributed by atoms with Crippen LogP contribution in [0.4, 0.5) is 5.69 Å². The van der Waals surface area contributed by atoms with Crippen LogP contribution in [-0.2, 0) is 0 Å². The number of carbonyl (C=O) groups is 1. The monoisotopic (exact) mass is 250 g/mol. The Morgan fingerprint density at radius 1 is 1.50 bits per heavy atom. The van der Waals surface area contributed by atoms with Crippen molar-refractivity contribution in [3.63, 3.8) is 0 Å². The lowest BCUT2D eigenvalue weighted by Crippen LogP contribution is -2.35. The van der Waals surface area contributed by atoms with Gasteiger partial charge < -0.3 is 15.1 Å². The van der Waals surface area contributed by atoms with E-state index in [0.717, 1.165) is 38.0 Å². The van der Waals surface area contributed by atoms with E-state index in [1.807, 2.05) is 0 Å². The van der Waals surface area contributed by atoms with Gasteiger partial charge in [0.1, 0.15) is 5.69 Å². The topological polar surface area (TPSA) is 73.7 Å². The van der Waals surface area contributed by atoms with E-state index in [1.54, 1.807) is 12.3 Å². The maximum absolute atomic E-state index is 10.7. The number of hydrogen-bond acceptors (Lipinski definition) is 4. The molecule has 1 aromatic rings. The van der Waals surface area contributed by atoms with E-state index < -0.39 is 5.97 Å². The molecule has 18 heavy (non-hydrogen) atoms. The highest BCUT2D eigenvalue weighted by atomic mass is 16.4. The number of nitrogens with zero attached hydrogens (tertiary/aromatic N) is 2. The summed E-state index contributed by atoms with van der Waals surface area (Å²) < 4.78 is 0. The van der Waals surface area contributed by atoms with Crippen LogP contribution < -0.4 is 4.90 Å². The number of aliphatic hydroxyl groups excluding tert-OH is 1. The number of rotatable bonds is 4. The Hall–Kier alpha value is -1.62. The molecule has 1 aliphatic heterocycles. The average molecular weight is 250 g/mol. The van der Waals surface area contributed by atoms with Gasteiger partial charge in [0.05, 0.1) is 11.9 Å². The molecular formula is C13H18N2O3. The lowest BCUT2D eigenvalue weighted by molar-refractivity contribution is 0.0690. The molecule has 5 nitrogen and oxygen atoms in total. The number of carboxylic acids is 1. The van der Waals surface area contributed by atoms with Crippen molar-refractivity contribution in [2.24, 2.45) is 5.92 Å². The van der Waals surface area contributed by atoms with Gasteiger partial charge in [-0.3, -0.25) is 0 Å². The van der Waals surface area contributed by atoms with E-state index >= 15 is 0 Å². The third-order valence-corrected chi connectivity index (χ3v) is 3.39. The number of piperidine rings is 1. The van der Waals surface area contributed by atoms with Crippen molar-refractivity contribution in [3.05, 3.63) is 24.0 Å². The van der Waals surface area contributed by atoms with E-state index in [9.17, 15) is 4.79 Å². The van der Waals surface area contributed by atoms with E-state index in [2.05, 4.69) is 9.88 Å². The minimum atomic E-state index is -1.00. The first-order chi connectivity index (χ1) is 8.70. The van der Waals surface area contributed by atoms with Crippen molar-refractivity contribution in [1.82, 2.24) is 4.98 Å². The van der Waals surface area contributed by atoms with Crippen molar-refractivity contribution in [3.8, 4) is 0 Å². The predicted octanol–water partition coefficient (Wildman–Crippen LogP) is 1.38. The number of aromatic carboxylic acids is 1. The van der Waals surface area contributed by atoms with Gasteiger partial charge in [0.15, 0.2) is 0 Å². The van der Waals surface area contributed by atoms with Gasteiger partial charge in [0, 0.05) is 19.7 Å². The lowest BCUT2D eigenvalue weighted by atomic mass is 9.95. The van der Waals surface area contributed by atoms with Crippen molar-refractivity contribution < 1.29 is 15.0 Å². The van der Waals surface area contributed by atoms with Crippen LogP contribution in [0.3, 0.4) is 0 Å². The van der Waals surface area contributed by atoms with E-state index in [4.69, 9.17) is 10.2 Å². The number of aromatic nitrogens is 1. The second-order valence-corrected chi connectivity index (χ2v) is 4.67. The number of carboxylic acid groups (broad SMARTS) is 1. The second-order valence-electron chi connectivity index (χ2n) is 4.67. The molecule has 1 saturated heterocycles. The molecule has 1 fully saturated rings. The molecule has 2 N–H and O–H groups in total. The quantitative estimate of drug-likeness (QED) is 0.844. The van der Waals surface area contributed by atoms with Crippen molar-refractivity contribution in [2.45, 2.75) is 19.3 Å². The molecule has 0 amide bonds. The minimum Gasteiger partial charge on any atom is -0.477 e. The molecule has 5 heteroatoms. The normalized spacial score (nSPS) is 19.8. The summed E-state index contributed by atoms with van der Waals surface area (Å²) in [6.07, 6.45) is 4.70. The molecule has 0 aromatic carbocycles. The molecule has 0 radical (unpaired) electrons. The van der Waals surface area contributed by atoms with Crippen molar-refractivity contribution >= 4 is 11.7 Å². The van der Waals surface area contributed by atoms with E-state index in [1.165, 1.54) is 6.07 Å². The summed E-state index contributed by atoms with van der Waals surface area (Å²) in [6, 6.07) is 3.34. The van der Waals surface area contributed by atoms with Crippen LogP contribution in [-0.4, -0.2) is 40.9 Å². The first-order valence-electron chi connectivity index (χ1n) is 6.26. The number of aliphatic hydroxyl groups is 1. The molecule has 1 aromatic heterocycles. The maximum Gasteiger partial charge on any atom is 0.354 e. The summed E-state index contributed by atoms with van der Waals surface area (Å²) in [7, 11) is 0. The molecule has 1 atom stereocenters. The molecule has 0 aliphatic carbocycles. The Labute approximate surface area is 106 Å². The first kappa shape index (κ1) is 12.8. The van der Waals surface area contributed by atoms with Crippen LogP contribution >= 0.6 is 0 Å². The van der Waals surface area contributed by atoms with Crippen LogP contribution in [0.2, 0.25) is 0 Å². The molecule has 1 unspecified atom stereocenters. The van der Waals surface area contributed by atoms with Gasteiger partial charge >= 0.3 is 5.97 Å². The van der Waals surface area contributed by atoms with Crippen LogP contribution in [0.25, 0.3) is 0 Å². The van der Waals surface area contributed by atoms with Gasteiger partial charge in [-0.25, -0.2) is 9.78 Å². The largest absolute Gasteiger partial charge is 0.477 e. The summed E-state index contributed by atoms with van der Waals surface area (Å²) in [5.41, 5.74) is 1.03. The summed E-state index contributed by atoms with van der Waals surface area (Å²) in [5.74, 6) is -0.485. The molecule has 98 valence electrons. The fourth-order valence-electron chi connectivity index (χ4n) is 2.42. The molecule has 0 bridgehead atoms. The third kappa shape index (κ3) is 2.98. The number of hydrogen-bond donors (Lipinski definition) is 2. The lowest BCUT2D eigenvalue weighted by Gasteiger charge is -2.34. The number of anilines is 1. The second kappa shape index (κ2) is 5.82. The van der Waals surface area contributed by atoms with Crippen molar-refractivity contribution in [1.29, 1.82) is 0 Å². The number of pyridine rings is 1. The molecule has 0 saturated carbocycles. The van der Waals surface area contributed by atoms with Gasteiger partial charge in [0.2, 0.25) is 0 Å². The van der Waals surface area contributed by atoms with Crippen LogP contribution in [0.1, 0.15) is 29.8 Å². The highest BCUT2D eigenvalue weighted by Gasteiger charge is 2.20. The smallest absolute Gasteiger partial charge is 0.354 e. The SMILES string of the molecule is O=C(O)c1ccc(N2CCCC(CCO)C2)cn1. The molecule has 2 rings (SSSR count). The van der Waals surface area contributed by atoms with Crippen molar-refractivity contribution in [2.75, 3.05) is 24.6 Å². The molecule has 1 aliphatic rings. The third-order valence-electron chi connectivity index (χ3n) is 3.39. The molecule has 0 spiro atoms. The fraction of sp³-hybridized carbons (Fsp3) is 0.538. The summed E-state index contributed by atoms with van der Waals surface area (Å²) in [5, 5.41) is 17.8. The Bertz CT molecular complexity index is 403. The summed E-state index contributed by atoms with van der Waals surface area (Å²) in [6.45, 7) is 2.11. The van der Waals surface area contributed by atoms with Gasteiger partial charge in [-0.2, -0.15) is 0 Å². The molecule has 2 heterocycles. The average Bonchev–Trinajstić information content (AvgIpc) is 2.39. The van der Waals surface area contributed by atoms with Gasteiger partial charge in [0.25, 0.3) is 0 Å². The Kier molecular flexibility index (Phi) is 4.15. The fourth-order valence-corrected chi connectivity index (χ4v) is 2.42. The van der Waals surface area contributed by atoms with Gasteiger partial charge in [-0.1, -0.05) is 0 Å². The zero-order chi connectivity index (χ0) is 13.0. The van der Waals surface area contributed by atoms with Gasteiger partial charge in [-0.15, -0.1) is 0 Å². The minimum absolute atomic E-state index is 0.0719. The summed E-state index contributed by atoms with van der Waals surface area (Å²) in [4.78, 5) is 16.9. The van der Waals surface area contributed by atoms with Crippen LogP contribution in [0.15, 0.2) is 18.3 Å².